The number of Topliss-reactive ketones (excluding diaryl/α,β-unsaturated/α-hetero) is 1. The molecule has 1 aromatic carbocycles. The summed E-state index contributed by atoms with van der Waals surface area (Å²) in [4.78, 5) is 25.9. The Labute approximate surface area is 112 Å². The van der Waals surface area contributed by atoms with Crippen molar-refractivity contribution in [1.29, 1.82) is 0 Å². The van der Waals surface area contributed by atoms with Crippen LogP contribution in [0.15, 0.2) is 24.3 Å². The van der Waals surface area contributed by atoms with Crippen LogP contribution in [0.4, 0.5) is 10.5 Å². The first-order valence-corrected chi connectivity index (χ1v) is 6.96. The SMILES string of the molecule is O=C1CCN(C(=O)NC2CCCC2)c2ccccc21. The molecule has 2 aliphatic rings. The van der Waals surface area contributed by atoms with Crippen LogP contribution in [0.2, 0.25) is 0 Å². The zero-order chi connectivity index (χ0) is 13.2. The molecule has 1 heterocycles. The topological polar surface area (TPSA) is 49.4 Å². The molecular weight excluding hydrogens is 240 g/mol. The largest absolute Gasteiger partial charge is 0.335 e. The molecule has 2 amide bonds. The maximum Gasteiger partial charge on any atom is 0.322 e. The molecule has 0 atom stereocenters. The molecule has 19 heavy (non-hydrogen) atoms. The molecular formula is C15H18N2O2. The number of urea groups is 1. The summed E-state index contributed by atoms with van der Waals surface area (Å²) < 4.78 is 0. The second-order valence-corrected chi connectivity index (χ2v) is 5.27. The molecule has 0 spiro atoms. The highest BCUT2D eigenvalue weighted by Gasteiger charge is 2.28. The van der Waals surface area contributed by atoms with Gasteiger partial charge >= 0.3 is 6.03 Å². The Morgan fingerprint density at radius 3 is 2.74 bits per heavy atom. The molecule has 0 radical (unpaired) electrons. The quantitative estimate of drug-likeness (QED) is 0.842. The minimum atomic E-state index is -0.0631. The first kappa shape index (κ1) is 12.2. The summed E-state index contributed by atoms with van der Waals surface area (Å²) in [5, 5.41) is 3.08. The lowest BCUT2D eigenvalue weighted by Gasteiger charge is -2.29. The van der Waals surface area contributed by atoms with Crippen LogP contribution in [-0.4, -0.2) is 24.4 Å². The van der Waals surface area contributed by atoms with Crippen molar-refractivity contribution >= 4 is 17.5 Å². The molecule has 1 aliphatic heterocycles. The lowest BCUT2D eigenvalue weighted by Crippen LogP contribution is -2.47. The predicted octanol–water partition coefficient (Wildman–Crippen LogP) is 2.73. The van der Waals surface area contributed by atoms with Crippen LogP contribution in [0.3, 0.4) is 0 Å². The fraction of sp³-hybridized carbons (Fsp3) is 0.467. The Morgan fingerprint density at radius 2 is 1.95 bits per heavy atom. The molecule has 4 nitrogen and oxygen atoms in total. The summed E-state index contributed by atoms with van der Waals surface area (Å²) in [7, 11) is 0. The van der Waals surface area contributed by atoms with Gasteiger partial charge in [0.05, 0.1) is 5.69 Å². The molecule has 1 fully saturated rings. The van der Waals surface area contributed by atoms with Gasteiger partial charge in [-0.3, -0.25) is 9.69 Å². The molecule has 1 aliphatic carbocycles. The fourth-order valence-electron chi connectivity index (χ4n) is 2.95. The van der Waals surface area contributed by atoms with Gasteiger partial charge in [0.25, 0.3) is 0 Å². The highest BCUT2D eigenvalue weighted by molar-refractivity contribution is 6.08. The Hall–Kier alpha value is -1.84. The number of para-hydroxylation sites is 1. The van der Waals surface area contributed by atoms with Gasteiger partial charge < -0.3 is 5.32 Å². The summed E-state index contributed by atoms with van der Waals surface area (Å²) in [5.74, 6) is 0.125. The third-order valence-corrected chi connectivity index (χ3v) is 3.99. The van der Waals surface area contributed by atoms with E-state index in [0.29, 0.717) is 24.6 Å². The van der Waals surface area contributed by atoms with Crippen LogP contribution in [-0.2, 0) is 0 Å². The summed E-state index contributed by atoms with van der Waals surface area (Å²) >= 11 is 0. The Morgan fingerprint density at radius 1 is 1.21 bits per heavy atom. The molecule has 0 saturated heterocycles. The number of amides is 2. The lowest BCUT2D eigenvalue weighted by molar-refractivity contribution is 0.0981. The van der Waals surface area contributed by atoms with Crippen LogP contribution in [0.25, 0.3) is 0 Å². The summed E-state index contributed by atoms with van der Waals surface area (Å²) in [5.41, 5.74) is 1.41. The number of nitrogens with one attached hydrogen (secondary N) is 1. The Kier molecular flexibility index (Phi) is 3.23. The van der Waals surface area contributed by atoms with Crippen LogP contribution < -0.4 is 10.2 Å². The summed E-state index contributed by atoms with van der Waals surface area (Å²) in [6.07, 6.45) is 4.94. The normalized spacial score (nSPS) is 19.4. The van der Waals surface area contributed by atoms with Crippen molar-refractivity contribution < 1.29 is 9.59 Å². The Balaban J connectivity index is 1.79. The Bertz CT molecular complexity index is 507. The minimum Gasteiger partial charge on any atom is -0.335 e. The molecule has 0 bridgehead atoms. The van der Waals surface area contributed by atoms with Gasteiger partial charge in [-0.15, -0.1) is 0 Å². The molecule has 0 aromatic heterocycles. The number of ketones is 1. The van der Waals surface area contributed by atoms with Crippen molar-refractivity contribution in [1.82, 2.24) is 5.32 Å². The number of hydrogen-bond acceptors (Lipinski definition) is 2. The van der Waals surface area contributed by atoms with E-state index in [1.807, 2.05) is 18.2 Å². The predicted molar refractivity (Wildman–Crippen MR) is 73.5 cm³/mol. The molecule has 1 N–H and O–H groups in total. The van der Waals surface area contributed by atoms with Crippen molar-refractivity contribution in [3.05, 3.63) is 29.8 Å². The second-order valence-electron chi connectivity index (χ2n) is 5.27. The highest BCUT2D eigenvalue weighted by Crippen LogP contribution is 2.27. The van der Waals surface area contributed by atoms with E-state index in [1.165, 1.54) is 12.8 Å². The molecule has 4 heteroatoms. The van der Waals surface area contributed by atoms with Gasteiger partial charge in [-0.1, -0.05) is 25.0 Å². The van der Waals surface area contributed by atoms with E-state index in [9.17, 15) is 9.59 Å². The highest BCUT2D eigenvalue weighted by atomic mass is 16.2. The zero-order valence-corrected chi connectivity index (χ0v) is 10.9. The lowest BCUT2D eigenvalue weighted by atomic mass is 10.0. The number of hydrogen-bond donors (Lipinski definition) is 1. The van der Waals surface area contributed by atoms with E-state index < -0.39 is 0 Å². The number of carbonyl (C=O) groups is 2. The van der Waals surface area contributed by atoms with Gasteiger partial charge in [0.1, 0.15) is 0 Å². The van der Waals surface area contributed by atoms with E-state index in [4.69, 9.17) is 0 Å². The van der Waals surface area contributed by atoms with Crippen molar-refractivity contribution in [2.75, 3.05) is 11.4 Å². The van der Waals surface area contributed by atoms with Gasteiger partial charge in [0.2, 0.25) is 0 Å². The fourth-order valence-corrected chi connectivity index (χ4v) is 2.95. The van der Waals surface area contributed by atoms with Crippen molar-refractivity contribution in [3.63, 3.8) is 0 Å². The molecule has 3 rings (SSSR count). The van der Waals surface area contributed by atoms with Gasteiger partial charge in [0, 0.05) is 24.6 Å². The monoisotopic (exact) mass is 258 g/mol. The minimum absolute atomic E-state index is 0.0631. The maximum atomic E-state index is 12.3. The molecule has 0 unspecified atom stereocenters. The van der Waals surface area contributed by atoms with Gasteiger partial charge in [0.15, 0.2) is 5.78 Å². The standard InChI is InChI=1S/C15H18N2O2/c18-14-9-10-17(13-8-4-3-7-12(13)14)15(19)16-11-5-1-2-6-11/h3-4,7-8,11H,1-2,5-6,9-10H2,(H,16,19). The van der Waals surface area contributed by atoms with Crippen LogP contribution >= 0.6 is 0 Å². The first-order valence-electron chi connectivity index (χ1n) is 6.96. The zero-order valence-electron chi connectivity index (χ0n) is 10.9. The maximum absolute atomic E-state index is 12.3. The van der Waals surface area contributed by atoms with E-state index in [1.54, 1.807) is 11.0 Å². The van der Waals surface area contributed by atoms with Gasteiger partial charge in [-0.05, 0) is 25.0 Å². The third-order valence-electron chi connectivity index (χ3n) is 3.99. The van der Waals surface area contributed by atoms with E-state index in [-0.39, 0.29) is 11.8 Å². The summed E-state index contributed by atoms with van der Waals surface area (Å²) in [6, 6.07) is 7.60. The number of anilines is 1. The first-order chi connectivity index (χ1) is 9.25. The molecule has 1 aromatic rings. The average Bonchev–Trinajstić information content (AvgIpc) is 2.92. The number of nitrogens with zero attached hydrogens (tertiary/aromatic N) is 1. The van der Waals surface area contributed by atoms with E-state index in [0.717, 1.165) is 18.5 Å². The van der Waals surface area contributed by atoms with Crippen LogP contribution in [0.5, 0.6) is 0 Å². The van der Waals surface area contributed by atoms with Crippen LogP contribution in [0, 0.1) is 0 Å². The van der Waals surface area contributed by atoms with Crippen LogP contribution in [0.1, 0.15) is 42.5 Å². The van der Waals surface area contributed by atoms with Crippen molar-refractivity contribution in [2.45, 2.75) is 38.1 Å². The number of fused-ring (bicyclic) bond motifs is 1. The third kappa shape index (κ3) is 2.35. The van der Waals surface area contributed by atoms with Crippen molar-refractivity contribution in [3.8, 4) is 0 Å². The smallest absolute Gasteiger partial charge is 0.322 e. The average molecular weight is 258 g/mol. The molecule has 100 valence electrons. The number of benzene rings is 1. The van der Waals surface area contributed by atoms with Gasteiger partial charge in [-0.25, -0.2) is 4.79 Å². The van der Waals surface area contributed by atoms with E-state index >= 15 is 0 Å². The number of carbonyl (C=O) groups excluding carboxylic acids is 2. The van der Waals surface area contributed by atoms with Crippen molar-refractivity contribution in [2.24, 2.45) is 0 Å². The van der Waals surface area contributed by atoms with E-state index in [2.05, 4.69) is 5.32 Å². The second kappa shape index (κ2) is 5.03. The molecule has 1 saturated carbocycles. The summed E-state index contributed by atoms with van der Waals surface area (Å²) in [6.45, 7) is 0.481. The number of rotatable bonds is 1. The van der Waals surface area contributed by atoms with Gasteiger partial charge in [-0.2, -0.15) is 0 Å².